The average Bonchev–Trinajstić information content (AvgIpc) is 3.11. The molecule has 1 unspecified atom stereocenters. The Balaban J connectivity index is 1.87. The number of hydrogen-bond donors (Lipinski definition) is 1. The van der Waals surface area contributed by atoms with Gasteiger partial charge >= 0.3 is 0 Å². The summed E-state index contributed by atoms with van der Waals surface area (Å²) < 4.78 is 10.5. The number of methoxy groups -OCH3 is 1. The molecular formula is C20H19N3O3. The zero-order valence-electron chi connectivity index (χ0n) is 14.5. The van der Waals surface area contributed by atoms with Crippen LogP contribution in [0.5, 0.6) is 5.75 Å². The van der Waals surface area contributed by atoms with E-state index in [0.29, 0.717) is 17.5 Å². The Morgan fingerprint density at radius 1 is 1.15 bits per heavy atom. The number of hydrogen-bond acceptors (Lipinski definition) is 5. The number of carbonyl (C=O) groups excluding carboxylic acids is 1. The fourth-order valence-electron chi connectivity index (χ4n) is 2.54. The van der Waals surface area contributed by atoms with E-state index in [2.05, 4.69) is 15.5 Å². The van der Waals surface area contributed by atoms with Crippen LogP contribution >= 0.6 is 0 Å². The Bertz CT molecular complexity index is 903. The normalized spacial score (nSPS) is 12.1. The van der Waals surface area contributed by atoms with Gasteiger partial charge in [0.25, 0.3) is 0 Å². The molecule has 1 aromatic heterocycles. The van der Waals surface area contributed by atoms with Crippen LogP contribution in [0.15, 0.2) is 65.2 Å². The van der Waals surface area contributed by atoms with E-state index in [9.17, 15) is 4.79 Å². The molecule has 0 radical (unpaired) electrons. The third-order valence-corrected chi connectivity index (χ3v) is 3.76. The first-order valence-corrected chi connectivity index (χ1v) is 8.14. The molecule has 0 fully saturated rings. The largest absolute Gasteiger partial charge is 0.496 e. The number of aryl methyl sites for hydroxylation is 1. The van der Waals surface area contributed by atoms with Crippen molar-refractivity contribution in [1.29, 1.82) is 0 Å². The first-order valence-electron chi connectivity index (χ1n) is 8.14. The minimum Gasteiger partial charge on any atom is -0.496 e. The molecule has 1 heterocycles. The van der Waals surface area contributed by atoms with E-state index in [1.807, 2.05) is 54.6 Å². The van der Waals surface area contributed by atoms with E-state index in [1.54, 1.807) is 20.1 Å². The topological polar surface area (TPSA) is 77.2 Å². The summed E-state index contributed by atoms with van der Waals surface area (Å²) >= 11 is 0. The maximum absolute atomic E-state index is 12.5. The van der Waals surface area contributed by atoms with Gasteiger partial charge in [-0.25, -0.2) is 0 Å². The van der Waals surface area contributed by atoms with Gasteiger partial charge in [0.05, 0.1) is 7.11 Å². The predicted octanol–water partition coefficient (Wildman–Crippen LogP) is 3.31. The Morgan fingerprint density at radius 2 is 1.88 bits per heavy atom. The lowest BCUT2D eigenvalue weighted by Gasteiger charge is -2.17. The number of para-hydroxylation sites is 1. The molecule has 26 heavy (non-hydrogen) atoms. The highest BCUT2D eigenvalue weighted by molar-refractivity contribution is 5.92. The van der Waals surface area contributed by atoms with Crippen molar-refractivity contribution in [2.75, 3.05) is 7.11 Å². The van der Waals surface area contributed by atoms with Crippen LogP contribution in [0.3, 0.4) is 0 Å². The lowest BCUT2D eigenvalue weighted by atomic mass is 10.0. The fraction of sp³-hybridized carbons (Fsp3) is 0.150. The van der Waals surface area contributed by atoms with Crippen LogP contribution in [0.25, 0.3) is 6.08 Å². The maximum atomic E-state index is 12.5. The van der Waals surface area contributed by atoms with Gasteiger partial charge in [-0.05, 0) is 17.7 Å². The summed E-state index contributed by atoms with van der Waals surface area (Å²) in [6.07, 6.45) is 3.22. The molecule has 6 heteroatoms. The summed E-state index contributed by atoms with van der Waals surface area (Å²) in [5.74, 6) is 1.15. The van der Waals surface area contributed by atoms with Gasteiger partial charge in [0, 0.05) is 18.6 Å². The summed E-state index contributed by atoms with van der Waals surface area (Å²) in [5, 5.41) is 6.88. The molecule has 0 spiro atoms. The van der Waals surface area contributed by atoms with Gasteiger partial charge in [0.15, 0.2) is 5.82 Å². The van der Waals surface area contributed by atoms with Gasteiger partial charge in [-0.15, -0.1) is 0 Å². The predicted molar refractivity (Wildman–Crippen MR) is 97.5 cm³/mol. The van der Waals surface area contributed by atoms with Gasteiger partial charge in [0.2, 0.25) is 11.8 Å². The highest BCUT2D eigenvalue weighted by Gasteiger charge is 2.24. The quantitative estimate of drug-likeness (QED) is 0.691. The third-order valence-electron chi connectivity index (χ3n) is 3.76. The third kappa shape index (κ3) is 4.16. The monoisotopic (exact) mass is 349 g/mol. The molecule has 0 saturated heterocycles. The molecule has 3 rings (SSSR count). The molecular weight excluding hydrogens is 330 g/mol. The van der Waals surface area contributed by atoms with Crippen molar-refractivity contribution < 1.29 is 14.1 Å². The molecule has 1 N–H and O–H groups in total. The molecule has 1 atom stereocenters. The van der Waals surface area contributed by atoms with Gasteiger partial charge in [0.1, 0.15) is 11.8 Å². The molecule has 0 aliphatic rings. The molecule has 3 aromatic rings. The van der Waals surface area contributed by atoms with Gasteiger partial charge in [-0.2, -0.15) is 4.98 Å². The molecule has 0 saturated carbocycles. The Hall–Kier alpha value is -3.41. The van der Waals surface area contributed by atoms with Gasteiger partial charge < -0.3 is 14.6 Å². The summed E-state index contributed by atoms with van der Waals surface area (Å²) in [4.78, 5) is 16.7. The number of ether oxygens (including phenoxy) is 1. The number of amides is 1. The van der Waals surface area contributed by atoms with Gasteiger partial charge in [-0.3, -0.25) is 4.79 Å². The first kappa shape index (κ1) is 17.4. The average molecular weight is 349 g/mol. The van der Waals surface area contributed by atoms with Crippen LogP contribution in [0.2, 0.25) is 0 Å². The number of rotatable bonds is 6. The number of aromatic nitrogens is 2. The molecule has 1 amide bonds. The number of benzene rings is 2. The lowest BCUT2D eigenvalue weighted by Crippen LogP contribution is -2.29. The minimum absolute atomic E-state index is 0.271. The van der Waals surface area contributed by atoms with E-state index in [-0.39, 0.29) is 5.91 Å². The smallest absolute Gasteiger partial charge is 0.244 e. The fourth-order valence-corrected chi connectivity index (χ4v) is 2.54. The minimum atomic E-state index is -0.587. The lowest BCUT2D eigenvalue weighted by molar-refractivity contribution is -0.117. The molecule has 2 aromatic carbocycles. The molecule has 6 nitrogen and oxygen atoms in total. The zero-order valence-corrected chi connectivity index (χ0v) is 14.5. The van der Waals surface area contributed by atoms with Crippen molar-refractivity contribution in [2.45, 2.75) is 13.0 Å². The second kappa shape index (κ2) is 8.11. The van der Waals surface area contributed by atoms with Crippen LogP contribution in [0.4, 0.5) is 0 Å². The Labute approximate surface area is 151 Å². The van der Waals surface area contributed by atoms with E-state index in [0.717, 1.165) is 11.1 Å². The SMILES string of the molecule is COc1ccccc1C(NC(=O)/C=C/c1ccccc1)c1noc(C)n1. The van der Waals surface area contributed by atoms with Crippen LogP contribution in [0, 0.1) is 6.92 Å². The summed E-state index contributed by atoms with van der Waals surface area (Å²) in [7, 11) is 1.58. The Morgan fingerprint density at radius 3 is 2.58 bits per heavy atom. The van der Waals surface area contributed by atoms with Crippen LogP contribution < -0.4 is 10.1 Å². The summed E-state index contributed by atoms with van der Waals surface area (Å²) in [6.45, 7) is 1.70. The Kier molecular flexibility index (Phi) is 5.43. The van der Waals surface area contributed by atoms with Gasteiger partial charge in [-0.1, -0.05) is 53.7 Å². The summed E-state index contributed by atoms with van der Waals surface area (Å²) in [5.41, 5.74) is 1.68. The van der Waals surface area contributed by atoms with Crippen molar-refractivity contribution in [2.24, 2.45) is 0 Å². The van der Waals surface area contributed by atoms with E-state index in [1.165, 1.54) is 6.08 Å². The second-order valence-corrected chi connectivity index (χ2v) is 5.60. The standard InChI is InChI=1S/C20H19N3O3/c1-14-21-20(23-26-14)19(16-10-6-7-11-17(16)25-2)22-18(24)13-12-15-8-4-3-5-9-15/h3-13,19H,1-2H3,(H,22,24)/b13-12+. The highest BCUT2D eigenvalue weighted by Crippen LogP contribution is 2.28. The van der Waals surface area contributed by atoms with E-state index < -0.39 is 6.04 Å². The molecule has 0 aliphatic heterocycles. The van der Waals surface area contributed by atoms with Crippen molar-refractivity contribution in [3.05, 3.63) is 83.5 Å². The molecule has 0 bridgehead atoms. The zero-order chi connectivity index (χ0) is 18.4. The van der Waals surface area contributed by atoms with Crippen molar-refractivity contribution >= 4 is 12.0 Å². The molecule has 132 valence electrons. The van der Waals surface area contributed by atoms with Crippen LogP contribution in [-0.4, -0.2) is 23.2 Å². The summed E-state index contributed by atoms with van der Waals surface area (Å²) in [6, 6.07) is 16.4. The van der Waals surface area contributed by atoms with E-state index in [4.69, 9.17) is 9.26 Å². The van der Waals surface area contributed by atoms with Crippen molar-refractivity contribution in [3.63, 3.8) is 0 Å². The molecule has 0 aliphatic carbocycles. The van der Waals surface area contributed by atoms with Crippen LogP contribution in [0.1, 0.15) is 28.9 Å². The number of carbonyl (C=O) groups is 1. The van der Waals surface area contributed by atoms with Crippen LogP contribution in [-0.2, 0) is 4.79 Å². The van der Waals surface area contributed by atoms with E-state index >= 15 is 0 Å². The first-order chi connectivity index (χ1) is 12.7. The maximum Gasteiger partial charge on any atom is 0.244 e. The highest BCUT2D eigenvalue weighted by atomic mass is 16.5. The second-order valence-electron chi connectivity index (χ2n) is 5.60. The van der Waals surface area contributed by atoms with Crippen molar-refractivity contribution in [1.82, 2.24) is 15.5 Å². The number of nitrogens with zero attached hydrogens (tertiary/aromatic N) is 2. The number of nitrogens with one attached hydrogen (secondary N) is 1. The van der Waals surface area contributed by atoms with Crippen molar-refractivity contribution in [3.8, 4) is 5.75 Å².